The van der Waals surface area contributed by atoms with Crippen molar-refractivity contribution in [3.05, 3.63) is 45.6 Å². The summed E-state index contributed by atoms with van der Waals surface area (Å²) in [5, 5.41) is 4.65. The van der Waals surface area contributed by atoms with Gasteiger partial charge in [-0.2, -0.15) is 0 Å². The van der Waals surface area contributed by atoms with Crippen molar-refractivity contribution in [2.45, 2.75) is 13.5 Å². The number of nitrogens with one attached hydrogen (secondary N) is 1. The molecule has 126 valence electrons. The highest BCUT2D eigenvalue weighted by Gasteiger charge is 2.17. The second-order valence-electron chi connectivity index (χ2n) is 6.21. The number of fused-ring (bicyclic) bond motifs is 1. The minimum Gasteiger partial charge on any atom is -0.373 e. The summed E-state index contributed by atoms with van der Waals surface area (Å²) in [5.74, 6) is -0.207. The second-order valence-corrected chi connectivity index (χ2v) is 7.12. The predicted molar refractivity (Wildman–Crippen MR) is 98.3 cm³/mol. The highest BCUT2D eigenvalue weighted by atomic mass is 32.1. The van der Waals surface area contributed by atoms with E-state index < -0.39 is 0 Å². The first-order valence-corrected chi connectivity index (χ1v) is 8.75. The smallest absolute Gasteiger partial charge is 0.265 e. The fraction of sp³-hybridized carbons (Fsp3) is 0.333. The van der Waals surface area contributed by atoms with Crippen LogP contribution < -0.4 is 10.2 Å². The summed E-state index contributed by atoms with van der Waals surface area (Å²) in [5.41, 5.74) is 3.75. The van der Waals surface area contributed by atoms with Gasteiger partial charge in [-0.1, -0.05) is 6.07 Å². The molecule has 1 amide bonds. The summed E-state index contributed by atoms with van der Waals surface area (Å²) in [7, 11) is 4.18. The van der Waals surface area contributed by atoms with Gasteiger partial charge in [0.2, 0.25) is 0 Å². The zero-order valence-electron chi connectivity index (χ0n) is 14.1. The van der Waals surface area contributed by atoms with Gasteiger partial charge < -0.3 is 15.1 Å². The monoisotopic (exact) mass is 343 g/mol. The third-order valence-corrected chi connectivity index (χ3v) is 5.17. The predicted octanol–water partition coefficient (Wildman–Crippen LogP) is 3.08. The fourth-order valence-corrected chi connectivity index (χ4v) is 3.62. The van der Waals surface area contributed by atoms with Crippen LogP contribution in [0.3, 0.4) is 0 Å². The van der Waals surface area contributed by atoms with Crippen LogP contribution in [0.1, 0.15) is 32.5 Å². The molecule has 1 aromatic carbocycles. The molecule has 0 aliphatic carbocycles. The number of anilines is 2. The van der Waals surface area contributed by atoms with Crippen LogP contribution in [0.5, 0.6) is 0 Å². The molecule has 0 unspecified atom stereocenters. The Morgan fingerprint density at radius 1 is 1.17 bits per heavy atom. The fourth-order valence-electron chi connectivity index (χ4n) is 2.77. The molecule has 0 saturated carbocycles. The Labute approximate surface area is 145 Å². The second kappa shape index (κ2) is 6.75. The lowest BCUT2D eigenvalue weighted by Gasteiger charge is -2.19. The quantitative estimate of drug-likeness (QED) is 0.870. The summed E-state index contributed by atoms with van der Waals surface area (Å²) in [6, 6.07) is 7.67. The molecule has 0 fully saturated rings. The minimum atomic E-state index is -0.180. The highest BCUT2D eigenvalue weighted by molar-refractivity contribution is 7.12. The zero-order chi connectivity index (χ0) is 17.3. The van der Waals surface area contributed by atoms with E-state index in [1.807, 2.05) is 12.1 Å². The topological polar surface area (TPSA) is 52.7 Å². The van der Waals surface area contributed by atoms with Crippen LogP contribution in [0.25, 0.3) is 0 Å². The van der Waals surface area contributed by atoms with Gasteiger partial charge in [0.05, 0.1) is 4.88 Å². The number of thiophene rings is 1. The number of likely N-dealkylation sites (N-methyl/N-ethyl adjacent to an activating group) is 2. The molecule has 0 radical (unpaired) electrons. The number of Topliss-reactive ketones (excluding diaryl/α,β-unsaturated/α-hetero) is 1. The number of hydrogen-bond donors (Lipinski definition) is 1. The van der Waals surface area contributed by atoms with Crippen LogP contribution >= 0.6 is 11.3 Å². The van der Waals surface area contributed by atoms with Crippen LogP contribution in [0.2, 0.25) is 0 Å². The maximum absolute atomic E-state index is 12.4. The van der Waals surface area contributed by atoms with Gasteiger partial charge in [0.1, 0.15) is 0 Å². The van der Waals surface area contributed by atoms with E-state index in [0.717, 1.165) is 31.0 Å². The zero-order valence-corrected chi connectivity index (χ0v) is 14.9. The molecule has 0 spiro atoms. The van der Waals surface area contributed by atoms with Crippen molar-refractivity contribution in [2.75, 3.05) is 37.4 Å². The summed E-state index contributed by atoms with van der Waals surface area (Å²) in [6.45, 7) is 4.37. The molecular formula is C18H21N3O2S. The molecule has 1 aliphatic rings. The van der Waals surface area contributed by atoms with Crippen molar-refractivity contribution in [1.29, 1.82) is 0 Å². The van der Waals surface area contributed by atoms with E-state index in [-0.39, 0.29) is 11.7 Å². The molecule has 0 atom stereocenters. The molecule has 1 N–H and O–H groups in total. The Balaban J connectivity index is 1.80. The van der Waals surface area contributed by atoms with Crippen molar-refractivity contribution in [3.63, 3.8) is 0 Å². The van der Waals surface area contributed by atoms with Gasteiger partial charge in [0.25, 0.3) is 5.91 Å². The number of carbonyl (C=O) groups excluding carboxylic acids is 2. The lowest BCUT2D eigenvalue weighted by Crippen LogP contribution is -2.26. The number of ketones is 1. The van der Waals surface area contributed by atoms with Crippen LogP contribution in [-0.4, -0.2) is 43.8 Å². The van der Waals surface area contributed by atoms with Crippen molar-refractivity contribution in [3.8, 4) is 0 Å². The number of amides is 1. The van der Waals surface area contributed by atoms with Crippen molar-refractivity contribution >= 4 is 34.4 Å². The first-order valence-electron chi connectivity index (χ1n) is 7.87. The molecule has 5 nitrogen and oxygen atoms in total. The standard InChI is InChI=1S/C18H21N3O2S/c1-12(22)14-8-17(24-11-14)18(23)19-15-5-4-13-10-20(2)6-7-21(3)16(13)9-15/h4-5,8-9,11H,6-7,10H2,1-3H3,(H,19,23). The molecule has 2 aromatic rings. The SMILES string of the molecule is CC(=O)c1csc(C(=O)Nc2ccc3c(c2)N(C)CCN(C)C3)c1. The van der Waals surface area contributed by atoms with E-state index in [0.29, 0.717) is 10.4 Å². The van der Waals surface area contributed by atoms with E-state index >= 15 is 0 Å². The van der Waals surface area contributed by atoms with Crippen LogP contribution in [0.4, 0.5) is 11.4 Å². The van der Waals surface area contributed by atoms with Crippen LogP contribution in [0.15, 0.2) is 29.6 Å². The van der Waals surface area contributed by atoms with Gasteiger partial charge >= 0.3 is 0 Å². The first-order chi connectivity index (χ1) is 11.4. The average Bonchev–Trinajstić information content (AvgIpc) is 2.99. The molecule has 3 rings (SSSR count). The maximum Gasteiger partial charge on any atom is 0.265 e. The minimum absolute atomic E-state index is 0.0268. The lowest BCUT2D eigenvalue weighted by molar-refractivity contribution is 0.101. The van der Waals surface area contributed by atoms with Gasteiger partial charge in [-0.3, -0.25) is 9.59 Å². The maximum atomic E-state index is 12.4. The van der Waals surface area contributed by atoms with Gasteiger partial charge in [0, 0.05) is 49.0 Å². The Morgan fingerprint density at radius 2 is 1.96 bits per heavy atom. The largest absolute Gasteiger partial charge is 0.373 e. The molecule has 24 heavy (non-hydrogen) atoms. The normalized spacial score (nSPS) is 14.9. The molecule has 1 aliphatic heterocycles. The summed E-state index contributed by atoms with van der Waals surface area (Å²) in [6.07, 6.45) is 0. The van der Waals surface area contributed by atoms with E-state index in [1.165, 1.54) is 23.8 Å². The lowest BCUT2D eigenvalue weighted by atomic mass is 10.1. The summed E-state index contributed by atoms with van der Waals surface area (Å²) < 4.78 is 0. The van der Waals surface area contributed by atoms with Gasteiger partial charge in [0.15, 0.2) is 5.78 Å². The molecular weight excluding hydrogens is 322 g/mol. The van der Waals surface area contributed by atoms with E-state index in [2.05, 4.69) is 35.3 Å². The molecule has 0 saturated heterocycles. The Bertz CT molecular complexity index is 784. The first kappa shape index (κ1) is 16.7. The van der Waals surface area contributed by atoms with E-state index in [1.54, 1.807) is 11.4 Å². The Hall–Kier alpha value is -2.18. The summed E-state index contributed by atoms with van der Waals surface area (Å²) in [4.78, 5) is 28.8. The van der Waals surface area contributed by atoms with Gasteiger partial charge in [-0.05, 0) is 37.7 Å². The third-order valence-electron chi connectivity index (χ3n) is 4.24. The molecule has 2 heterocycles. The average molecular weight is 343 g/mol. The molecule has 0 bridgehead atoms. The van der Waals surface area contributed by atoms with Crippen LogP contribution in [0, 0.1) is 0 Å². The van der Waals surface area contributed by atoms with E-state index in [4.69, 9.17) is 0 Å². The number of rotatable bonds is 3. The van der Waals surface area contributed by atoms with Crippen molar-refractivity contribution in [2.24, 2.45) is 0 Å². The number of nitrogens with zero attached hydrogens (tertiary/aromatic N) is 2. The van der Waals surface area contributed by atoms with Gasteiger partial charge in [-0.25, -0.2) is 0 Å². The van der Waals surface area contributed by atoms with Crippen LogP contribution in [-0.2, 0) is 6.54 Å². The summed E-state index contributed by atoms with van der Waals surface area (Å²) >= 11 is 1.29. The number of hydrogen-bond acceptors (Lipinski definition) is 5. The Morgan fingerprint density at radius 3 is 2.67 bits per heavy atom. The van der Waals surface area contributed by atoms with Crippen molar-refractivity contribution < 1.29 is 9.59 Å². The number of carbonyl (C=O) groups is 2. The molecule has 1 aromatic heterocycles. The third kappa shape index (κ3) is 3.49. The Kier molecular flexibility index (Phi) is 4.69. The number of benzene rings is 1. The van der Waals surface area contributed by atoms with Crippen molar-refractivity contribution in [1.82, 2.24) is 4.90 Å². The van der Waals surface area contributed by atoms with E-state index in [9.17, 15) is 9.59 Å². The van der Waals surface area contributed by atoms with Gasteiger partial charge in [-0.15, -0.1) is 11.3 Å². The highest BCUT2D eigenvalue weighted by Crippen LogP contribution is 2.28. The molecule has 6 heteroatoms.